The third kappa shape index (κ3) is 4.33. The molecule has 1 rings (SSSR count). The maximum absolute atomic E-state index is 10.9. The van der Waals surface area contributed by atoms with Gasteiger partial charge in [-0.2, -0.15) is 0 Å². The lowest BCUT2D eigenvalue weighted by Gasteiger charge is -2.13. The summed E-state index contributed by atoms with van der Waals surface area (Å²) in [7, 11) is 1.40. The fraction of sp³-hybridized carbons (Fsp3) is 0.417. The van der Waals surface area contributed by atoms with Crippen molar-refractivity contribution >= 4 is 21.9 Å². The molecule has 1 aromatic carbocycles. The normalized spacial score (nSPS) is 12.2. The third-order valence-electron chi connectivity index (χ3n) is 2.36. The van der Waals surface area contributed by atoms with E-state index in [0.717, 1.165) is 4.47 Å². The number of halogens is 1. The second kappa shape index (κ2) is 6.66. The van der Waals surface area contributed by atoms with Crippen LogP contribution in [0.25, 0.3) is 0 Å². The van der Waals surface area contributed by atoms with Gasteiger partial charge in [0, 0.05) is 17.1 Å². The molecule has 1 atom stereocenters. The van der Waals surface area contributed by atoms with Gasteiger partial charge in [0.2, 0.25) is 0 Å². The van der Waals surface area contributed by atoms with E-state index in [2.05, 4.69) is 45.0 Å². The number of ether oxygens (including phenoxy) is 1. The van der Waals surface area contributed by atoms with E-state index in [1.165, 1.54) is 12.7 Å². The van der Waals surface area contributed by atoms with Gasteiger partial charge in [-0.05, 0) is 24.6 Å². The summed E-state index contributed by atoms with van der Waals surface area (Å²) in [6.45, 7) is 2.69. The van der Waals surface area contributed by atoms with E-state index in [4.69, 9.17) is 0 Å². The molecular weight excluding hydrogens is 270 g/mol. The highest BCUT2D eigenvalue weighted by Crippen LogP contribution is 2.17. The number of esters is 1. The monoisotopic (exact) mass is 285 g/mol. The van der Waals surface area contributed by atoms with Crippen molar-refractivity contribution in [3.05, 3.63) is 34.3 Å². The van der Waals surface area contributed by atoms with Crippen LogP contribution in [0.4, 0.5) is 0 Å². The van der Waals surface area contributed by atoms with Gasteiger partial charge in [-0.25, -0.2) is 0 Å². The van der Waals surface area contributed by atoms with Crippen LogP contribution in [0.3, 0.4) is 0 Å². The van der Waals surface area contributed by atoms with Crippen molar-refractivity contribution in [2.75, 3.05) is 13.7 Å². The first-order chi connectivity index (χ1) is 7.63. The Hall–Kier alpha value is -0.870. The minimum Gasteiger partial charge on any atom is -0.469 e. The summed E-state index contributed by atoms with van der Waals surface area (Å²) in [5, 5.41) is 3.27. The number of benzene rings is 1. The number of carbonyl (C=O) groups excluding carboxylic acids is 1. The van der Waals surface area contributed by atoms with Gasteiger partial charge >= 0.3 is 5.97 Å². The lowest BCUT2D eigenvalue weighted by Crippen LogP contribution is -2.22. The van der Waals surface area contributed by atoms with Crippen molar-refractivity contribution in [2.24, 2.45) is 0 Å². The molecule has 0 spiro atoms. The molecule has 0 amide bonds. The molecular formula is C12H16BrNO2. The summed E-state index contributed by atoms with van der Waals surface area (Å²) in [4.78, 5) is 10.9. The van der Waals surface area contributed by atoms with Crippen LogP contribution in [0.2, 0.25) is 0 Å². The highest BCUT2D eigenvalue weighted by Gasteiger charge is 2.06. The Morgan fingerprint density at radius 3 is 2.94 bits per heavy atom. The smallest absolute Gasteiger partial charge is 0.306 e. The van der Waals surface area contributed by atoms with Crippen molar-refractivity contribution in [2.45, 2.75) is 19.4 Å². The Labute approximate surface area is 104 Å². The van der Waals surface area contributed by atoms with Crippen LogP contribution >= 0.6 is 15.9 Å². The fourth-order valence-corrected chi connectivity index (χ4v) is 1.80. The van der Waals surface area contributed by atoms with Crippen LogP contribution in [0.15, 0.2) is 28.7 Å². The Bertz CT molecular complexity index is 355. The number of rotatable bonds is 5. The van der Waals surface area contributed by atoms with Crippen LogP contribution < -0.4 is 5.32 Å². The minimum atomic E-state index is -0.186. The van der Waals surface area contributed by atoms with Gasteiger partial charge < -0.3 is 10.1 Å². The summed E-state index contributed by atoms with van der Waals surface area (Å²) in [6, 6.07) is 8.33. The lowest BCUT2D eigenvalue weighted by atomic mass is 10.1. The first kappa shape index (κ1) is 13.2. The Balaban J connectivity index is 2.40. The summed E-state index contributed by atoms with van der Waals surface area (Å²) in [5.74, 6) is -0.186. The lowest BCUT2D eigenvalue weighted by molar-refractivity contribution is -0.140. The highest BCUT2D eigenvalue weighted by molar-refractivity contribution is 9.10. The molecule has 3 nitrogen and oxygen atoms in total. The molecule has 0 saturated carbocycles. The van der Waals surface area contributed by atoms with E-state index in [9.17, 15) is 4.79 Å². The standard InChI is InChI=1S/C12H16BrNO2/c1-9(14-7-6-12(15)16-2)10-4-3-5-11(13)8-10/h3-5,8-9,14H,6-7H2,1-2H3. The first-order valence-electron chi connectivity index (χ1n) is 5.19. The van der Waals surface area contributed by atoms with Gasteiger partial charge in [0.25, 0.3) is 0 Å². The highest BCUT2D eigenvalue weighted by atomic mass is 79.9. The van der Waals surface area contributed by atoms with E-state index < -0.39 is 0 Å². The van der Waals surface area contributed by atoms with Gasteiger partial charge in [-0.3, -0.25) is 4.79 Å². The molecule has 0 aliphatic rings. The van der Waals surface area contributed by atoms with Gasteiger partial charge in [0.05, 0.1) is 13.5 Å². The fourth-order valence-electron chi connectivity index (χ4n) is 1.39. The first-order valence-corrected chi connectivity index (χ1v) is 5.98. The number of hydrogen-bond donors (Lipinski definition) is 1. The zero-order chi connectivity index (χ0) is 12.0. The predicted octanol–water partition coefficient (Wildman–Crippen LogP) is 2.66. The summed E-state index contributed by atoms with van der Waals surface area (Å²) >= 11 is 3.43. The Morgan fingerprint density at radius 2 is 2.31 bits per heavy atom. The van der Waals surface area contributed by atoms with Crippen LogP contribution in [-0.4, -0.2) is 19.6 Å². The van der Waals surface area contributed by atoms with Gasteiger partial charge in [-0.1, -0.05) is 28.1 Å². The van der Waals surface area contributed by atoms with E-state index in [1.807, 2.05) is 12.1 Å². The molecule has 4 heteroatoms. The van der Waals surface area contributed by atoms with Crippen molar-refractivity contribution in [1.82, 2.24) is 5.32 Å². The Kier molecular flexibility index (Phi) is 5.49. The van der Waals surface area contributed by atoms with Crippen LogP contribution in [0.5, 0.6) is 0 Å². The summed E-state index contributed by atoms with van der Waals surface area (Å²) < 4.78 is 5.63. The van der Waals surface area contributed by atoms with E-state index in [-0.39, 0.29) is 12.0 Å². The number of methoxy groups -OCH3 is 1. The van der Waals surface area contributed by atoms with Gasteiger partial charge in [0.1, 0.15) is 0 Å². The largest absolute Gasteiger partial charge is 0.469 e. The number of nitrogens with one attached hydrogen (secondary N) is 1. The molecule has 0 radical (unpaired) electrons. The SMILES string of the molecule is COC(=O)CCNC(C)c1cccc(Br)c1. The molecule has 0 saturated heterocycles. The van der Waals surface area contributed by atoms with Crippen molar-refractivity contribution in [3.8, 4) is 0 Å². The molecule has 88 valence electrons. The molecule has 0 aliphatic heterocycles. The van der Waals surface area contributed by atoms with Crippen LogP contribution in [0, 0.1) is 0 Å². The Morgan fingerprint density at radius 1 is 1.56 bits per heavy atom. The molecule has 0 aliphatic carbocycles. The zero-order valence-electron chi connectivity index (χ0n) is 9.50. The molecule has 1 N–H and O–H groups in total. The average molecular weight is 286 g/mol. The van der Waals surface area contributed by atoms with Crippen LogP contribution in [0.1, 0.15) is 24.9 Å². The van der Waals surface area contributed by atoms with Crippen molar-refractivity contribution in [3.63, 3.8) is 0 Å². The molecule has 1 aromatic rings. The molecule has 0 heterocycles. The molecule has 0 bridgehead atoms. The summed E-state index contributed by atoms with van der Waals surface area (Å²) in [6.07, 6.45) is 0.398. The second-order valence-corrected chi connectivity index (χ2v) is 4.47. The maximum Gasteiger partial charge on any atom is 0.306 e. The molecule has 16 heavy (non-hydrogen) atoms. The quantitative estimate of drug-likeness (QED) is 0.846. The maximum atomic E-state index is 10.9. The van der Waals surface area contributed by atoms with E-state index >= 15 is 0 Å². The summed E-state index contributed by atoms with van der Waals surface area (Å²) in [5.41, 5.74) is 1.19. The zero-order valence-corrected chi connectivity index (χ0v) is 11.1. The van der Waals surface area contributed by atoms with Crippen molar-refractivity contribution < 1.29 is 9.53 Å². The average Bonchev–Trinajstić information content (AvgIpc) is 2.28. The second-order valence-electron chi connectivity index (χ2n) is 3.56. The molecule has 0 aromatic heterocycles. The van der Waals surface area contributed by atoms with Crippen molar-refractivity contribution in [1.29, 1.82) is 0 Å². The van der Waals surface area contributed by atoms with Gasteiger partial charge in [0.15, 0.2) is 0 Å². The van der Waals surface area contributed by atoms with E-state index in [0.29, 0.717) is 13.0 Å². The van der Waals surface area contributed by atoms with E-state index in [1.54, 1.807) is 0 Å². The third-order valence-corrected chi connectivity index (χ3v) is 2.85. The van der Waals surface area contributed by atoms with Gasteiger partial charge in [-0.15, -0.1) is 0 Å². The van der Waals surface area contributed by atoms with Crippen LogP contribution in [-0.2, 0) is 9.53 Å². The molecule has 1 unspecified atom stereocenters. The predicted molar refractivity (Wildman–Crippen MR) is 67.2 cm³/mol. The number of carbonyl (C=O) groups is 1. The number of hydrogen-bond acceptors (Lipinski definition) is 3. The minimum absolute atomic E-state index is 0.186. The molecule has 0 fully saturated rings. The topological polar surface area (TPSA) is 38.3 Å².